The summed E-state index contributed by atoms with van der Waals surface area (Å²) >= 11 is 0. The van der Waals surface area contributed by atoms with Crippen molar-refractivity contribution in [2.75, 3.05) is 11.8 Å². The fourth-order valence-electron chi connectivity index (χ4n) is 2.67. The van der Waals surface area contributed by atoms with E-state index >= 15 is 0 Å². The van der Waals surface area contributed by atoms with Crippen molar-refractivity contribution >= 4 is 19.9 Å². The molecule has 1 N–H and O–H groups in total. The Hall–Kier alpha value is -1.77. The number of nitrogens with one attached hydrogen (secondary N) is 1. The highest BCUT2D eigenvalue weighted by atomic mass is 32.2. The van der Waals surface area contributed by atoms with Crippen LogP contribution in [0.5, 0.6) is 0 Å². The first-order valence-corrected chi connectivity index (χ1v) is 10.6. The van der Waals surface area contributed by atoms with Crippen LogP contribution in [0.1, 0.15) is 18.0 Å². The Morgan fingerprint density at radius 3 is 2.00 bits per heavy atom. The van der Waals surface area contributed by atoms with E-state index in [1.807, 2.05) is 24.3 Å². The van der Waals surface area contributed by atoms with Gasteiger partial charge in [-0.25, -0.2) is 25.9 Å². The van der Waals surface area contributed by atoms with Crippen LogP contribution in [0, 0.1) is 0 Å². The number of hydrogen-bond acceptors (Lipinski definition) is 4. The van der Waals surface area contributed by atoms with Gasteiger partial charge in [-0.15, -0.1) is 0 Å². The van der Waals surface area contributed by atoms with Crippen molar-refractivity contribution in [3.63, 3.8) is 0 Å². The van der Waals surface area contributed by atoms with Gasteiger partial charge in [-0.3, -0.25) is 0 Å². The molecule has 1 unspecified atom stereocenters. The van der Waals surface area contributed by atoms with Gasteiger partial charge in [-0.1, -0.05) is 36.4 Å². The topological polar surface area (TPSA) is 80.3 Å². The molecule has 0 amide bonds. The summed E-state index contributed by atoms with van der Waals surface area (Å²) in [5.41, 5.74) is 2.55. The Balaban J connectivity index is 1.81. The molecule has 0 spiro atoms. The summed E-state index contributed by atoms with van der Waals surface area (Å²) in [4.78, 5) is -0.0502. The van der Waals surface area contributed by atoms with Crippen molar-refractivity contribution in [2.45, 2.75) is 17.4 Å². The molecule has 2 aromatic rings. The molecule has 0 radical (unpaired) electrons. The predicted molar refractivity (Wildman–Crippen MR) is 89.3 cm³/mol. The van der Waals surface area contributed by atoms with Crippen LogP contribution in [0.25, 0.3) is 11.1 Å². The quantitative estimate of drug-likeness (QED) is 0.897. The Morgan fingerprint density at radius 2 is 1.54 bits per heavy atom. The average molecular weight is 369 g/mol. The van der Waals surface area contributed by atoms with Gasteiger partial charge in [-0.05, 0) is 35.2 Å². The normalized spacial score (nSPS) is 20.1. The number of benzene rings is 2. The molecule has 0 aromatic heterocycles. The number of sulfonamides is 1. The summed E-state index contributed by atoms with van der Waals surface area (Å²) < 4.78 is 60.9. The fourth-order valence-corrected chi connectivity index (χ4v) is 4.70. The van der Waals surface area contributed by atoms with E-state index in [2.05, 4.69) is 4.72 Å². The molecule has 0 saturated carbocycles. The molecule has 1 aliphatic heterocycles. The van der Waals surface area contributed by atoms with Crippen molar-refractivity contribution in [1.29, 1.82) is 0 Å². The molecular weight excluding hydrogens is 353 g/mol. The van der Waals surface area contributed by atoms with E-state index in [4.69, 9.17) is 0 Å². The van der Waals surface area contributed by atoms with Crippen molar-refractivity contribution < 1.29 is 21.2 Å². The Kier molecular flexibility index (Phi) is 4.46. The molecule has 0 aliphatic carbocycles. The predicted octanol–water partition coefficient (Wildman–Crippen LogP) is 2.42. The van der Waals surface area contributed by atoms with Gasteiger partial charge in [0.2, 0.25) is 19.9 Å². The SMILES string of the molecule is O=S1(=O)CCC(c2ccc(-c3ccc(S(=O)(=O)CF)cc3)cc2)N1. The number of hydrogen-bond donors (Lipinski definition) is 1. The molecule has 1 atom stereocenters. The fraction of sp³-hybridized carbons (Fsp3) is 0.250. The summed E-state index contributed by atoms with van der Waals surface area (Å²) in [5, 5.41) is 0. The van der Waals surface area contributed by atoms with E-state index in [-0.39, 0.29) is 16.7 Å². The molecule has 1 heterocycles. The van der Waals surface area contributed by atoms with Crippen LogP contribution >= 0.6 is 0 Å². The maximum Gasteiger partial charge on any atom is 0.212 e. The minimum Gasteiger partial charge on any atom is -0.233 e. The molecular formula is C16H16FNO4S2. The first-order chi connectivity index (χ1) is 11.3. The maximum atomic E-state index is 12.5. The first kappa shape index (κ1) is 17.1. The minimum absolute atomic E-state index is 0.0502. The summed E-state index contributed by atoms with van der Waals surface area (Å²) in [6.07, 6.45) is 0.539. The average Bonchev–Trinajstić information content (AvgIpc) is 2.95. The molecule has 2 aromatic carbocycles. The third-order valence-corrected chi connectivity index (χ3v) is 6.70. The Morgan fingerprint density at radius 1 is 1.00 bits per heavy atom. The zero-order valence-electron chi connectivity index (χ0n) is 12.6. The molecule has 1 aliphatic rings. The zero-order valence-corrected chi connectivity index (χ0v) is 14.3. The monoisotopic (exact) mass is 369 g/mol. The molecule has 24 heavy (non-hydrogen) atoms. The largest absolute Gasteiger partial charge is 0.233 e. The van der Waals surface area contributed by atoms with Crippen LogP contribution < -0.4 is 4.72 Å². The summed E-state index contributed by atoms with van der Waals surface area (Å²) in [6, 6.07) is 11.8. The van der Waals surface area contributed by atoms with Gasteiger partial charge in [0.25, 0.3) is 0 Å². The smallest absolute Gasteiger partial charge is 0.212 e. The van der Waals surface area contributed by atoms with E-state index in [1.54, 1.807) is 12.1 Å². The van der Waals surface area contributed by atoms with Crippen molar-refractivity contribution in [3.8, 4) is 11.1 Å². The van der Waals surface area contributed by atoms with Crippen LogP contribution in [0.3, 0.4) is 0 Å². The van der Waals surface area contributed by atoms with E-state index in [0.29, 0.717) is 6.42 Å². The summed E-state index contributed by atoms with van der Waals surface area (Å²) in [5.74, 6) is 0.129. The molecule has 128 valence electrons. The van der Waals surface area contributed by atoms with E-state index in [0.717, 1.165) is 16.7 Å². The van der Waals surface area contributed by atoms with Gasteiger partial charge in [0.1, 0.15) is 0 Å². The third-order valence-electron chi connectivity index (χ3n) is 4.00. The number of halogens is 1. The molecule has 1 fully saturated rings. The Labute approximate surface area is 140 Å². The van der Waals surface area contributed by atoms with Crippen LogP contribution in [0.15, 0.2) is 53.4 Å². The van der Waals surface area contributed by atoms with Gasteiger partial charge in [-0.2, -0.15) is 0 Å². The van der Waals surface area contributed by atoms with Crippen molar-refractivity contribution in [2.24, 2.45) is 0 Å². The first-order valence-electron chi connectivity index (χ1n) is 7.30. The molecule has 3 rings (SSSR count). The highest BCUT2D eigenvalue weighted by molar-refractivity contribution is 7.91. The molecule has 1 saturated heterocycles. The second-order valence-electron chi connectivity index (χ2n) is 5.65. The molecule has 8 heteroatoms. The van der Waals surface area contributed by atoms with E-state index in [9.17, 15) is 21.2 Å². The second-order valence-corrected chi connectivity index (χ2v) is 9.44. The van der Waals surface area contributed by atoms with E-state index in [1.165, 1.54) is 12.1 Å². The van der Waals surface area contributed by atoms with Crippen LogP contribution in [0.2, 0.25) is 0 Å². The number of rotatable bonds is 4. The molecule has 5 nitrogen and oxygen atoms in total. The lowest BCUT2D eigenvalue weighted by atomic mass is 10.0. The minimum atomic E-state index is -3.86. The zero-order chi connectivity index (χ0) is 17.4. The Bertz CT molecular complexity index is 937. The summed E-state index contributed by atoms with van der Waals surface area (Å²) in [6.45, 7) is 0. The van der Waals surface area contributed by atoms with Gasteiger partial charge in [0.15, 0.2) is 6.01 Å². The van der Waals surface area contributed by atoms with Crippen LogP contribution in [-0.4, -0.2) is 28.6 Å². The molecule has 0 bridgehead atoms. The van der Waals surface area contributed by atoms with Crippen LogP contribution in [-0.2, 0) is 19.9 Å². The second kappa shape index (κ2) is 6.27. The standard InChI is InChI=1S/C16H16FNO4S2/c17-11-23(19,20)15-7-5-13(6-8-15)12-1-3-14(4-2-12)16-9-10-24(21,22)18-16/h1-8,16,18H,9-11H2. The lowest BCUT2D eigenvalue weighted by molar-refractivity contribution is 0.534. The van der Waals surface area contributed by atoms with Crippen molar-refractivity contribution in [1.82, 2.24) is 4.72 Å². The van der Waals surface area contributed by atoms with Gasteiger partial charge < -0.3 is 0 Å². The van der Waals surface area contributed by atoms with Crippen LogP contribution in [0.4, 0.5) is 4.39 Å². The maximum absolute atomic E-state index is 12.5. The van der Waals surface area contributed by atoms with E-state index < -0.39 is 25.9 Å². The van der Waals surface area contributed by atoms with Gasteiger partial charge in [0, 0.05) is 6.04 Å². The van der Waals surface area contributed by atoms with Gasteiger partial charge in [0.05, 0.1) is 10.6 Å². The third kappa shape index (κ3) is 3.50. The number of sulfone groups is 1. The highest BCUT2D eigenvalue weighted by Gasteiger charge is 2.27. The highest BCUT2D eigenvalue weighted by Crippen LogP contribution is 2.27. The lowest BCUT2D eigenvalue weighted by Gasteiger charge is -2.10. The summed E-state index contributed by atoms with van der Waals surface area (Å²) in [7, 11) is -7.02. The lowest BCUT2D eigenvalue weighted by Crippen LogP contribution is -2.19. The van der Waals surface area contributed by atoms with Crippen molar-refractivity contribution in [3.05, 3.63) is 54.1 Å². The van der Waals surface area contributed by atoms with Gasteiger partial charge >= 0.3 is 0 Å². The number of alkyl halides is 1.